The van der Waals surface area contributed by atoms with E-state index in [4.69, 9.17) is 0 Å². The third kappa shape index (κ3) is 5.87. The number of hydrogen-bond acceptors (Lipinski definition) is 5. The molecule has 0 saturated carbocycles. The Balaban J connectivity index is 1.53. The third-order valence-electron chi connectivity index (χ3n) is 3.41. The Morgan fingerprint density at radius 2 is 1.71 bits per heavy atom. The molecular formula is C15H24N4S2. The molecule has 0 fully saturated rings. The number of fused-ring (bicyclic) bond motifs is 1. The van der Waals surface area contributed by atoms with Crippen molar-refractivity contribution in [1.29, 1.82) is 0 Å². The maximum Gasteiger partial charge on any atom is 0.181 e. The third-order valence-corrected chi connectivity index (χ3v) is 5.78. The van der Waals surface area contributed by atoms with Crippen LogP contribution in [0.15, 0.2) is 17.7 Å². The standard InChI is InChI=1S/C15H24N4S2/c1-2-3-4-5-6-7-8-9-10-20-21-15-13-14(17-11-16-13)18-12-19-15/h11-12H,2-10H2,1H3,(H,16,17,18,19). The van der Waals surface area contributed by atoms with Gasteiger partial charge in [0.05, 0.1) is 6.33 Å². The molecule has 0 saturated heterocycles. The van der Waals surface area contributed by atoms with E-state index in [9.17, 15) is 0 Å². The minimum absolute atomic E-state index is 0.750. The highest BCUT2D eigenvalue weighted by Gasteiger charge is 2.06. The molecule has 2 aromatic heterocycles. The summed E-state index contributed by atoms with van der Waals surface area (Å²) < 4.78 is 0. The van der Waals surface area contributed by atoms with Crippen molar-refractivity contribution in [3.63, 3.8) is 0 Å². The molecule has 2 rings (SSSR count). The van der Waals surface area contributed by atoms with E-state index in [0.717, 1.165) is 16.2 Å². The van der Waals surface area contributed by atoms with Gasteiger partial charge < -0.3 is 4.98 Å². The fraction of sp³-hybridized carbons (Fsp3) is 0.667. The van der Waals surface area contributed by atoms with Crippen LogP contribution in [-0.4, -0.2) is 25.7 Å². The fourth-order valence-corrected chi connectivity index (χ4v) is 4.36. The molecule has 0 spiro atoms. The summed E-state index contributed by atoms with van der Waals surface area (Å²) in [6, 6.07) is 0. The number of hydrogen-bond donors (Lipinski definition) is 1. The van der Waals surface area contributed by atoms with Crippen molar-refractivity contribution in [2.45, 2.75) is 63.3 Å². The van der Waals surface area contributed by atoms with E-state index in [1.165, 1.54) is 57.1 Å². The van der Waals surface area contributed by atoms with Crippen LogP contribution in [0.3, 0.4) is 0 Å². The lowest BCUT2D eigenvalue weighted by Gasteiger charge is -2.02. The molecule has 0 amide bonds. The fourth-order valence-electron chi connectivity index (χ4n) is 2.20. The summed E-state index contributed by atoms with van der Waals surface area (Å²) in [5.41, 5.74) is 1.70. The summed E-state index contributed by atoms with van der Waals surface area (Å²) in [4.78, 5) is 15.7. The van der Waals surface area contributed by atoms with Gasteiger partial charge in [-0.1, -0.05) is 62.7 Å². The Hall–Kier alpha value is -0.750. The second-order valence-electron chi connectivity index (χ2n) is 5.16. The van der Waals surface area contributed by atoms with E-state index in [2.05, 4.69) is 26.9 Å². The molecule has 4 nitrogen and oxygen atoms in total. The van der Waals surface area contributed by atoms with Gasteiger partial charge in [-0.25, -0.2) is 15.0 Å². The van der Waals surface area contributed by atoms with E-state index in [0.29, 0.717) is 0 Å². The molecule has 0 aliphatic rings. The van der Waals surface area contributed by atoms with E-state index in [-0.39, 0.29) is 0 Å². The van der Waals surface area contributed by atoms with Crippen LogP contribution in [0.5, 0.6) is 0 Å². The van der Waals surface area contributed by atoms with Crippen LogP contribution < -0.4 is 0 Å². The first-order valence-corrected chi connectivity index (χ1v) is 10.2. The average molecular weight is 325 g/mol. The van der Waals surface area contributed by atoms with E-state index < -0.39 is 0 Å². The van der Waals surface area contributed by atoms with Crippen LogP contribution >= 0.6 is 21.6 Å². The van der Waals surface area contributed by atoms with Crippen molar-refractivity contribution < 1.29 is 0 Å². The molecule has 0 aromatic carbocycles. The SMILES string of the molecule is CCCCCCCCCCSSc1ncnc2nc[nH]c12. The molecule has 116 valence electrons. The lowest BCUT2D eigenvalue weighted by atomic mass is 10.1. The Kier molecular flexibility index (Phi) is 7.96. The minimum Gasteiger partial charge on any atom is -0.341 e. The molecule has 0 aliphatic heterocycles. The van der Waals surface area contributed by atoms with Crippen LogP contribution in [0.1, 0.15) is 58.3 Å². The lowest BCUT2D eigenvalue weighted by molar-refractivity contribution is 0.586. The Labute approximate surface area is 134 Å². The van der Waals surface area contributed by atoms with Crippen molar-refractivity contribution in [2.75, 3.05) is 5.75 Å². The first-order chi connectivity index (χ1) is 10.4. The number of H-pyrrole nitrogens is 1. The van der Waals surface area contributed by atoms with E-state index in [1.54, 1.807) is 23.4 Å². The van der Waals surface area contributed by atoms with Gasteiger partial charge in [-0.05, 0) is 17.2 Å². The van der Waals surface area contributed by atoms with Crippen molar-refractivity contribution in [3.05, 3.63) is 12.7 Å². The van der Waals surface area contributed by atoms with Gasteiger partial charge in [-0.3, -0.25) is 0 Å². The summed E-state index contributed by atoms with van der Waals surface area (Å²) >= 11 is 0. The molecule has 0 unspecified atom stereocenters. The van der Waals surface area contributed by atoms with Crippen molar-refractivity contribution >= 4 is 32.8 Å². The molecule has 0 atom stereocenters. The highest BCUT2D eigenvalue weighted by molar-refractivity contribution is 8.76. The van der Waals surface area contributed by atoms with E-state index >= 15 is 0 Å². The zero-order valence-electron chi connectivity index (χ0n) is 12.7. The van der Waals surface area contributed by atoms with Gasteiger partial charge in [0.1, 0.15) is 16.9 Å². The lowest BCUT2D eigenvalue weighted by Crippen LogP contribution is -1.85. The monoisotopic (exact) mass is 324 g/mol. The molecule has 0 aliphatic carbocycles. The molecule has 0 bridgehead atoms. The number of imidazole rings is 1. The highest BCUT2D eigenvalue weighted by atomic mass is 33.1. The number of nitrogens with zero attached hydrogens (tertiary/aromatic N) is 3. The summed E-state index contributed by atoms with van der Waals surface area (Å²) in [5, 5.41) is 0.988. The number of aromatic nitrogens is 4. The van der Waals surface area contributed by atoms with E-state index in [1.807, 2.05) is 10.8 Å². The summed E-state index contributed by atoms with van der Waals surface area (Å²) in [6.07, 6.45) is 14.2. The van der Waals surface area contributed by atoms with Gasteiger partial charge in [-0.15, -0.1) is 0 Å². The number of unbranched alkanes of at least 4 members (excludes halogenated alkanes) is 7. The van der Waals surface area contributed by atoms with Crippen molar-refractivity contribution in [2.24, 2.45) is 0 Å². The first-order valence-electron chi connectivity index (χ1n) is 7.85. The quantitative estimate of drug-likeness (QED) is 0.348. The molecule has 0 radical (unpaired) electrons. The topological polar surface area (TPSA) is 54.5 Å². The highest BCUT2D eigenvalue weighted by Crippen LogP contribution is 2.33. The predicted molar refractivity (Wildman–Crippen MR) is 92.6 cm³/mol. The first kappa shape index (κ1) is 16.6. The number of rotatable bonds is 11. The Morgan fingerprint density at radius 1 is 0.952 bits per heavy atom. The zero-order valence-corrected chi connectivity index (χ0v) is 14.3. The Bertz CT molecular complexity index is 515. The average Bonchev–Trinajstić information content (AvgIpc) is 2.98. The second kappa shape index (κ2) is 10.1. The van der Waals surface area contributed by atoms with Gasteiger partial charge >= 0.3 is 0 Å². The molecule has 21 heavy (non-hydrogen) atoms. The van der Waals surface area contributed by atoms with Crippen LogP contribution in [0, 0.1) is 0 Å². The van der Waals surface area contributed by atoms with Crippen LogP contribution in [0.2, 0.25) is 0 Å². The second-order valence-corrected chi connectivity index (χ2v) is 7.56. The van der Waals surface area contributed by atoms with Gasteiger partial charge in [0.25, 0.3) is 0 Å². The van der Waals surface area contributed by atoms with Crippen molar-refractivity contribution in [1.82, 2.24) is 19.9 Å². The predicted octanol–water partition coefficient (Wildman–Crippen LogP) is 5.23. The van der Waals surface area contributed by atoms with Gasteiger partial charge in [0.2, 0.25) is 0 Å². The summed E-state index contributed by atoms with van der Waals surface area (Å²) in [5.74, 6) is 1.18. The molecule has 6 heteroatoms. The molecule has 2 heterocycles. The largest absolute Gasteiger partial charge is 0.341 e. The van der Waals surface area contributed by atoms with Crippen LogP contribution in [0.4, 0.5) is 0 Å². The maximum absolute atomic E-state index is 4.31. The zero-order chi connectivity index (χ0) is 14.8. The van der Waals surface area contributed by atoms with Gasteiger partial charge in [0, 0.05) is 5.75 Å². The molecular weight excluding hydrogens is 300 g/mol. The maximum atomic E-state index is 4.31. The summed E-state index contributed by atoms with van der Waals surface area (Å²) in [7, 11) is 3.60. The van der Waals surface area contributed by atoms with Crippen molar-refractivity contribution in [3.8, 4) is 0 Å². The molecule has 1 N–H and O–H groups in total. The number of aromatic amines is 1. The summed E-state index contributed by atoms with van der Waals surface area (Å²) in [6.45, 7) is 2.27. The minimum atomic E-state index is 0.750. The van der Waals surface area contributed by atoms with Crippen LogP contribution in [0.25, 0.3) is 11.2 Å². The number of nitrogens with one attached hydrogen (secondary N) is 1. The van der Waals surface area contributed by atoms with Gasteiger partial charge in [0.15, 0.2) is 5.65 Å². The van der Waals surface area contributed by atoms with Crippen LogP contribution in [-0.2, 0) is 0 Å². The molecule has 2 aromatic rings. The van der Waals surface area contributed by atoms with Gasteiger partial charge in [-0.2, -0.15) is 0 Å². The smallest absolute Gasteiger partial charge is 0.181 e. The normalized spacial score (nSPS) is 11.3. The Morgan fingerprint density at radius 3 is 2.52 bits per heavy atom.